The average Bonchev–Trinajstić information content (AvgIpc) is 2.54. The maximum Gasteiger partial charge on any atom is 0.186 e. The summed E-state index contributed by atoms with van der Waals surface area (Å²) in [4.78, 5) is 3.63. The van der Waals surface area contributed by atoms with E-state index in [4.69, 9.17) is 15.1 Å². The summed E-state index contributed by atoms with van der Waals surface area (Å²) in [7, 11) is 0. The zero-order valence-corrected chi connectivity index (χ0v) is 7.58. The summed E-state index contributed by atoms with van der Waals surface area (Å²) < 4.78 is 81.8. The third-order valence-electron chi connectivity index (χ3n) is 0.835. The molecule has 0 atom stereocenters. The molecule has 0 bridgehead atoms. The Labute approximate surface area is 94.8 Å². The first-order valence-corrected chi connectivity index (χ1v) is 4.07. The van der Waals surface area contributed by atoms with Gasteiger partial charge in [-0.2, -0.15) is 0 Å². The molecule has 0 aliphatic carbocycles. The first-order chi connectivity index (χ1) is 9.53. The van der Waals surface area contributed by atoms with Gasteiger partial charge in [-0.1, -0.05) is 0 Å². The second kappa shape index (κ2) is 4.07. The number of rotatable bonds is 3. The molecular formula is C7H11BrN2S. The van der Waals surface area contributed by atoms with Gasteiger partial charge in [0.2, 0.25) is 0 Å². The van der Waals surface area contributed by atoms with Crippen LogP contribution in [0.1, 0.15) is 28.8 Å². The summed E-state index contributed by atoms with van der Waals surface area (Å²) >= 11 is 3.34. The minimum atomic E-state index is -3.35. The summed E-state index contributed by atoms with van der Waals surface area (Å²) in [5.41, 5.74) is 0. The Bertz CT molecular complexity index is 502. The van der Waals surface area contributed by atoms with Crippen LogP contribution in [0.2, 0.25) is 0 Å². The predicted octanol–water partition coefficient (Wildman–Crippen LogP) is 2.75. The lowest BCUT2D eigenvalue weighted by Gasteiger charge is -2.16. The normalized spacial score (nSPS) is 29.7. The molecule has 0 saturated carbocycles. The smallest absolute Gasteiger partial charge is 0.186 e. The van der Waals surface area contributed by atoms with Crippen molar-refractivity contribution in [3.8, 4) is 0 Å². The number of hydrogen-bond donors (Lipinski definition) is 0. The van der Waals surface area contributed by atoms with Crippen LogP contribution in [0, 0.1) is 0 Å². The fourth-order valence-corrected chi connectivity index (χ4v) is 1.51. The van der Waals surface area contributed by atoms with Crippen LogP contribution in [0.4, 0.5) is 5.13 Å². The van der Waals surface area contributed by atoms with E-state index in [1.54, 1.807) is 0 Å². The molecule has 1 heterocycles. The van der Waals surface area contributed by atoms with Crippen molar-refractivity contribution in [2.24, 2.45) is 0 Å². The van der Waals surface area contributed by atoms with Gasteiger partial charge in [0.15, 0.2) is 5.13 Å². The van der Waals surface area contributed by atoms with E-state index >= 15 is 0 Å². The number of aromatic nitrogens is 1. The second-order valence-corrected chi connectivity index (χ2v) is 2.97. The van der Waals surface area contributed by atoms with E-state index in [2.05, 4.69) is 20.9 Å². The van der Waals surface area contributed by atoms with Crippen LogP contribution in [0.3, 0.4) is 0 Å². The molecule has 1 aromatic rings. The van der Waals surface area contributed by atoms with Crippen molar-refractivity contribution in [2.45, 2.75) is 13.7 Å². The van der Waals surface area contributed by atoms with E-state index in [1.807, 2.05) is 0 Å². The van der Waals surface area contributed by atoms with Gasteiger partial charge in [0, 0.05) is 32.1 Å². The highest BCUT2D eigenvalue weighted by Crippen LogP contribution is 2.22. The Hall–Kier alpha value is -0.0900. The lowest BCUT2D eigenvalue weighted by atomic mass is 10.6. The van der Waals surface area contributed by atoms with Gasteiger partial charge in [-0.25, -0.2) is 4.98 Å². The number of nitrogens with zero attached hydrogens (tertiary/aromatic N) is 2. The van der Waals surface area contributed by atoms with Gasteiger partial charge in [0.25, 0.3) is 0 Å². The monoisotopic (exact) mass is 245 g/mol. The van der Waals surface area contributed by atoms with Crippen molar-refractivity contribution >= 4 is 32.4 Å². The summed E-state index contributed by atoms with van der Waals surface area (Å²) in [5.74, 6) is 0. The van der Waals surface area contributed by atoms with Crippen LogP contribution in [-0.4, -0.2) is 18.0 Å². The fourth-order valence-electron chi connectivity index (χ4n) is 0.437. The molecule has 1 rings (SSSR count). The lowest BCUT2D eigenvalue weighted by molar-refractivity contribution is 0.858. The summed E-state index contributed by atoms with van der Waals surface area (Å²) in [5, 5.41) is -0.776. The van der Waals surface area contributed by atoms with Crippen molar-refractivity contribution in [3.05, 3.63) is 9.96 Å². The summed E-state index contributed by atoms with van der Waals surface area (Å²) in [6, 6.07) is 0. The second-order valence-electron chi connectivity index (χ2n) is 1.45. The molecule has 0 aliphatic heterocycles. The molecule has 0 aliphatic rings. The maximum absolute atomic E-state index is 7.72. The Balaban J connectivity index is 3.60. The van der Waals surface area contributed by atoms with E-state index < -0.39 is 31.8 Å². The van der Waals surface area contributed by atoms with E-state index in [0.717, 1.165) is 0 Å². The Morgan fingerprint density at radius 1 is 1.91 bits per heavy atom. The molecule has 62 valence electrons. The van der Waals surface area contributed by atoms with Crippen LogP contribution < -0.4 is 4.90 Å². The summed E-state index contributed by atoms with van der Waals surface area (Å²) in [6.07, 6.45) is 0. The molecule has 0 saturated heterocycles. The SMILES string of the molecule is [2H]c1sc(N(C([2H])([2H])C([2H])([2H])[2H])C([2H])([2H])C([2H])([2H])[2H])nc1Br. The predicted molar refractivity (Wildman–Crippen MR) is 53.4 cm³/mol. The Morgan fingerprint density at radius 3 is 3.09 bits per heavy atom. The third kappa shape index (κ3) is 2.17. The van der Waals surface area contributed by atoms with Crippen molar-refractivity contribution in [1.29, 1.82) is 0 Å². The molecule has 0 amide bonds. The quantitative estimate of drug-likeness (QED) is 0.815. The van der Waals surface area contributed by atoms with E-state index in [9.17, 15) is 0 Å². The highest BCUT2D eigenvalue weighted by molar-refractivity contribution is 9.10. The maximum atomic E-state index is 7.72. The molecule has 0 fully saturated rings. The first kappa shape index (κ1) is 2.23. The highest BCUT2D eigenvalue weighted by Gasteiger charge is 2.04. The Kier molecular flexibility index (Phi) is 0.825. The van der Waals surface area contributed by atoms with Gasteiger partial charge in [-0.15, -0.1) is 11.3 Å². The van der Waals surface area contributed by atoms with Gasteiger partial charge >= 0.3 is 0 Å². The molecular weight excluding hydrogens is 224 g/mol. The number of halogens is 1. The average molecular weight is 246 g/mol. The van der Waals surface area contributed by atoms with E-state index in [0.29, 0.717) is 11.3 Å². The topological polar surface area (TPSA) is 16.1 Å². The summed E-state index contributed by atoms with van der Waals surface area (Å²) in [6.45, 7) is -13.4. The van der Waals surface area contributed by atoms with Crippen LogP contribution in [0.5, 0.6) is 0 Å². The van der Waals surface area contributed by atoms with Crippen LogP contribution in [-0.2, 0) is 0 Å². The van der Waals surface area contributed by atoms with Crippen molar-refractivity contribution in [3.63, 3.8) is 0 Å². The largest absolute Gasteiger partial charge is 0.349 e. The molecule has 0 aromatic carbocycles. The van der Waals surface area contributed by atoms with Crippen molar-refractivity contribution in [1.82, 2.24) is 4.98 Å². The molecule has 0 unspecified atom stereocenters. The van der Waals surface area contributed by atoms with Gasteiger partial charge < -0.3 is 4.90 Å². The van der Waals surface area contributed by atoms with Gasteiger partial charge in [0.05, 0.1) is 1.37 Å². The third-order valence-corrected chi connectivity index (χ3v) is 2.23. The molecule has 11 heavy (non-hydrogen) atoms. The molecule has 4 heteroatoms. The van der Waals surface area contributed by atoms with Gasteiger partial charge in [-0.05, 0) is 29.6 Å². The standard InChI is InChI=1S/C7H11BrN2S/c1-3-10(4-2)7-9-6(8)5-11-7/h5H,3-4H2,1-2H3/i1D3,2D3,3D2,4D2,5D. The number of anilines is 1. The number of hydrogen-bond acceptors (Lipinski definition) is 3. The minimum absolute atomic E-state index is 0.0343. The minimum Gasteiger partial charge on any atom is -0.349 e. The zero-order chi connectivity index (χ0) is 17.7. The van der Waals surface area contributed by atoms with Crippen LogP contribution >= 0.6 is 27.3 Å². The first-order valence-electron chi connectivity index (χ1n) is 7.97. The molecule has 0 N–H and O–H groups in total. The van der Waals surface area contributed by atoms with Crippen molar-refractivity contribution < 1.29 is 15.1 Å². The zero-order valence-electron chi connectivity index (χ0n) is 16.2. The number of thiazole rings is 1. The van der Waals surface area contributed by atoms with Crippen molar-refractivity contribution in [2.75, 3.05) is 17.9 Å². The Morgan fingerprint density at radius 2 is 2.64 bits per heavy atom. The molecule has 0 spiro atoms. The van der Waals surface area contributed by atoms with E-state index in [-0.39, 0.29) is 14.9 Å². The highest BCUT2D eigenvalue weighted by atomic mass is 79.9. The van der Waals surface area contributed by atoms with E-state index in [1.165, 1.54) is 0 Å². The molecule has 2 nitrogen and oxygen atoms in total. The van der Waals surface area contributed by atoms with Gasteiger partial charge in [0.1, 0.15) is 4.60 Å². The van der Waals surface area contributed by atoms with Crippen LogP contribution in [0.25, 0.3) is 0 Å². The molecule has 1 aromatic heterocycles. The van der Waals surface area contributed by atoms with Gasteiger partial charge in [-0.3, -0.25) is 0 Å². The van der Waals surface area contributed by atoms with Crippen LogP contribution in [0.15, 0.2) is 9.96 Å². The molecule has 0 radical (unpaired) electrons. The fraction of sp³-hybridized carbons (Fsp3) is 0.571. The lowest BCUT2D eigenvalue weighted by Crippen LogP contribution is -2.21.